The topological polar surface area (TPSA) is 9.23 Å². The minimum atomic E-state index is 0.807. The zero-order valence-electron chi connectivity index (χ0n) is 6.38. The van der Waals surface area contributed by atoms with Crippen LogP contribution in [0.2, 0.25) is 0 Å². The van der Waals surface area contributed by atoms with Crippen LogP contribution in [0, 0.1) is 5.92 Å². The summed E-state index contributed by atoms with van der Waals surface area (Å²) in [5.74, 6) is 3.42. The highest BCUT2D eigenvalue weighted by Gasteiger charge is 2.14. The van der Waals surface area contributed by atoms with Crippen molar-refractivity contribution in [3.05, 3.63) is 12.3 Å². The Hall–Kier alpha value is -0.110. The van der Waals surface area contributed by atoms with E-state index in [4.69, 9.17) is 4.74 Å². The molecule has 1 fully saturated rings. The van der Waals surface area contributed by atoms with Crippen molar-refractivity contribution in [1.82, 2.24) is 0 Å². The lowest BCUT2D eigenvalue weighted by molar-refractivity contribution is 0.205. The van der Waals surface area contributed by atoms with E-state index in [1.165, 1.54) is 17.9 Å². The van der Waals surface area contributed by atoms with E-state index in [0.717, 1.165) is 12.5 Å². The van der Waals surface area contributed by atoms with Crippen molar-refractivity contribution in [2.45, 2.75) is 13.3 Å². The van der Waals surface area contributed by atoms with Gasteiger partial charge in [0.25, 0.3) is 0 Å². The Bertz CT molecular complexity index is 106. The summed E-state index contributed by atoms with van der Waals surface area (Å²) in [6.07, 6.45) is 5.05. The molecule has 0 aromatic carbocycles. The molecule has 2 heteroatoms. The molecule has 0 saturated carbocycles. The summed E-state index contributed by atoms with van der Waals surface area (Å²) in [4.78, 5) is 0. The number of rotatable bonds is 3. The third kappa shape index (κ3) is 2.65. The van der Waals surface area contributed by atoms with Crippen LogP contribution >= 0.6 is 11.8 Å². The second kappa shape index (κ2) is 4.67. The summed E-state index contributed by atoms with van der Waals surface area (Å²) >= 11 is 2.04. The lowest BCUT2D eigenvalue weighted by Gasteiger charge is -2.05. The third-order valence-electron chi connectivity index (χ3n) is 1.59. The van der Waals surface area contributed by atoms with Crippen LogP contribution in [-0.2, 0) is 4.74 Å². The third-order valence-corrected chi connectivity index (χ3v) is 2.82. The van der Waals surface area contributed by atoms with E-state index in [9.17, 15) is 0 Å². The summed E-state index contributed by atoms with van der Waals surface area (Å²) in [7, 11) is 0. The molecule has 0 N–H and O–H groups in total. The minimum Gasteiger partial charge on any atom is -0.501 e. The Kier molecular flexibility index (Phi) is 3.73. The molecular formula is C8H14OS. The zero-order valence-corrected chi connectivity index (χ0v) is 7.19. The van der Waals surface area contributed by atoms with Gasteiger partial charge in [-0.05, 0) is 24.9 Å². The van der Waals surface area contributed by atoms with Crippen LogP contribution in [0.5, 0.6) is 0 Å². The monoisotopic (exact) mass is 158 g/mol. The first-order valence-electron chi connectivity index (χ1n) is 3.74. The fraction of sp³-hybridized carbons (Fsp3) is 0.750. The average molecular weight is 158 g/mol. The molecule has 0 bridgehead atoms. The van der Waals surface area contributed by atoms with Gasteiger partial charge in [-0.3, -0.25) is 0 Å². The Morgan fingerprint density at radius 1 is 1.70 bits per heavy atom. The molecule has 1 heterocycles. The predicted molar refractivity (Wildman–Crippen MR) is 46.2 cm³/mol. The molecule has 1 nitrogen and oxygen atoms in total. The second-order valence-corrected chi connectivity index (χ2v) is 3.68. The van der Waals surface area contributed by atoms with E-state index in [-0.39, 0.29) is 0 Å². The SMILES string of the molecule is C/C=C/OCC1CCSC1. The molecule has 1 saturated heterocycles. The molecule has 0 aromatic heterocycles. The summed E-state index contributed by atoms with van der Waals surface area (Å²) in [5, 5.41) is 0. The fourth-order valence-electron chi connectivity index (χ4n) is 1.00. The van der Waals surface area contributed by atoms with Crippen LogP contribution in [-0.4, -0.2) is 18.1 Å². The highest BCUT2D eigenvalue weighted by molar-refractivity contribution is 7.99. The Labute approximate surface area is 66.8 Å². The van der Waals surface area contributed by atoms with E-state index < -0.39 is 0 Å². The summed E-state index contributed by atoms with van der Waals surface area (Å²) < 4.78 is 5.27. The molecule has 1 aliphatic rings. The van der Waals surface area contributed by atoms with E-state index in [1.807, 2.05) is 24.8 Å². The van der Waals surface area contributed by atoms with Gasteiger partial charge in [0.2, 0.25) is 0 Å². The zero-order chi connectivity index (χ0) is 7.23. The molecule has 1 rings (SSSR count). The Morgan fingerprint density at radius 3 is 3.20 bits per heavy atom. The summed E-state index contributed by atoms with van der Waals surface area (Å²) in [5.41, 5.74) is 0. The van der Waals surface area contributed by atoms with Crippen LogP contribution < -0.4 is 0 Å². The van der Waals surface area contributed by atoms with Gasteiger partial charge in [0.05, 0.1) is 12.9 Å². The normalized spacial score (nSPS) is 25.9. The van der Waals surface area contributed by atoms with Gasteiger partial charge in [-0.2, -0.15) is 11.8 Å². The highest BCUT2D eigenvalue weighted by Crippen LogP contribution is 2.23. The molecule has 10 heavy (non-hydrogen) atoms. The van der Waals surface area contributed by atoms with Crippen molar-refractivity contribution in [1.29, 1.82) is 0 Å². The molecule has 0 aromatic rings. The first-order chi connectivity index (χ1) is 4.93. The first-order valence-corrected chi connectivity index (χ1v) is 4.89. The number of hydrogen-bond acceptors (Lipinski definition) is 2. The van der Waals surface area contributed by atoms with E-state index in [1.54, 1.807) is 6.26 Å². The lowest BCUT2D eigenvalue weighted by Crippen LogP contribution is -2.05. The van der Waals surface area contributed by atoms with Gasteiger partial charge in [0, 0.05) is 5.92 Å². The molecule has 0 amide bonds. The highest BCUT2D eigenvalue weighted by atomic mass is 32.2. The van der Waals surface area contributed by atoms with Gasteiger partial charge in [-0.1, -0.05) is 6.08 Å². The quantitative estimate of drug-likeness (QED) is 0.583. The second-order valence-electron chi connectivity index (χ2n) is 2.53. The van der Waals surface area contributed by atoms with Gasteiger partial charge in [-0.15, -0.1) is 0 Å². The maximum Gasteiger partial charge on any atom is 0.0909 e. The van der Waals surface area contributed by atoms with Gasteiger partial charge in [0.1, 0.15) is 0 Å². The molecule has 58 valence electrons. The molecule has 1 atom stereocenters. The van der Waals surface area contributed by atoms with Crippen molar-refractivity contribution in [3.8, 4) is 0 Å². The number of allylic oxidation sites excluding steroid dienone is 1. The van der Waals surface area contributed by atoms with Gasteiger partial charge >= 0.3 is 0 Å². The van der Waals surface area contributed by atoms with Gasteiger partial charge in [0.15, 0.2) is 0 Å². The van der Waals surface area contributed by atoms with Crippen molar-refractivity contribution in [2.24, 2.45) is 5.92 Å². The predicted octanol–water partition coefficient (Wildman–Crippen LogP) is 2.29. The van der Waals surface area contributed by atoms with Crippen LogP contribution in [0.15, 0.2) is 12.3 Å². The maximum atomic E-state index is 5.27. The Balaban J connectivity index is 2.01. The standard InChI is InChI=1S/C8H14OS/c1-2-4-9-6-8-3-5-10-7-8/h2,4,8H,3,5-7H2,1H3/b4-2+. The number of hydrogen-bond donors (Lipinski definition) is 0. The van der Waals surface area contributed by atoms with Crippen LogP contribution in [0.25, 0.3) is 0 Å². The first kappa shape index (κ1) is 7.99. The lowest BCUT2D eigenvalue weighted by atomic mass is 10.1. The van der Waals surface area contributed by atoms with E-state index in [0.29, 0.717) is 0 Å². The summed E-state index contributed by atoms with van der Waals surface area (Å²) in [6.45, 7) is 2.89. The van der Waals surface area contributed by atoms with Gasteiger partial charge < -0.3 is 4.74 Å². The Morgan fingerprint density at radius 2 is 2.60 bits per heavy atom. The summed E-state index contributed by atoms with van der Waals surface area (Å²) in [6, 6.07) is 0. The van der Waals surface area contributed by atoms with E-state index >= 15 is 0 Å². The largest absolute Gasteiger partial charge is 0.501 e. The van der Waals surface area contributed by atoms with Crippen molar-refractivity contribution in [3.63, 3.8) is 0 Å². The molecule has 1 aliphatic heterocycles. The molecule has 0 radical (unpaired) electrons. The van der Waals surface area contributed by atoms with Gasteiger partial charge in [-0.25, -0.2) is 0 Å². The molecule has 1 unspecified atom stereocenters. The maximum absolute atomic E-state index is 5.27. The van der Waals surface area contributed by atoms with Crippen LogP contribution in [0.1, 0.15) is 13.3 Å². The average Bonchev–Trinajstić information content (AvgIpc) is 2.41. The van der Waals surface area contributed by atoms with Crippen LogP contribution in [0.3, 0.4) is 0 Å². The smallest absolute Gasteiger partial charge is 0.0909 e. The minimum absolute atomic E-state index is 0.807. The molecule has 0 aliphatic carbocycles. The van der Waals surface area contributed by atoms with E-state index in [2.05, 4.69) is 0 Å². The van der Waals surface area contributed by atoms with Crippen molar-refractivity contribution < 1.29 is 4.74 Å². The fourth-order valence-corrected chi connectivity index (χ4v) is 2.27. The molecular weight excluding hydrogens is 144 g/mol. The van der Waals surface area contributed by atoms with Crippen molar-refractivity contribution >= 4 is 11.8 Å². The number of ether oxygens (including phenoxy) is 1. The van der Waals surface area contributed by atoms with Crippen molar-refractivity contribution in [2.75, 3.05) is 18.1 Å². The molecule has 0 spiro atoms. The number of thioether (sulfide) groups is 1. The van der Waals surface area contributed by atoms with Crippen LogP contribution in [0.4, 0.5) is 0 Å².